The van der Waals surface area contributed by atoms with Crippen LogP contribution in [0, 0.1) is 6.92 Å². The molecule has 0 aromatic carbocycles. The van der Waals surface area contributed by atoms with Crippen molar-refractivity contribution in [1.29, 1.82) is 0 Å². The van der Waals surface area contributed by atoms with Crippen molar-refractivity contribution in [3.05, 3.63) is 45.1 Å². The van der Waals surface area contributed by atoms with Crippen molar-refractivity contribution >= 4 is 17.7 Å². The highest BCUT2D eigenvalue weighted by Crippen LogP contribution is 2.17. The van der Waals surface area contributed by atoms with Crippen LogP contribution in [0.5, 0.6) is 0 Å². The first-order valence-corrected chi connectivity index (χ1v) is 4.42. The van der Waals surface area contributed by atoms with E-state index in [9.17, 15) is 0 Å². The highest BCUT2D eigenvalue weighted by molar-refractivity contribution is 6.30. The van der Waals surface area contributed by atoms with E-state index in [-0.39, 0.29) is 0 Å². The summed E-state index contributed by atoms with van der Waals surface area (Å²) in [5.74, 6) is 0. The fourth-order valence-electron chi connectivity index (χ4n) is 0.991. The van der Waals surface area contributed by atoms with Gasteiger partial charge in [0, 0.05) is 23.2 Å². The van der Waals surface area contributed by atoms with E-state index in [0.29, 0.717) is 11.7 Å². The largest absolute Gasteiger partial charge is 0.244 e. The molecule has 1 rings (SSSR count). The summed E-state index contributed by atoms with van der Waals surface area (Å²) in [6, 6.07) is 1.87. The van der Waals surface area contributed by atoms with Crippen LogP contribution in [0.1, 0.15) is 11.1 Å². The van der Waals surface area contributed by atoms with Crippen molar-refractivity contribution in [2.75, 3.05) is 6.54 Å². The molecule has 0 atom stereocenters. The first-order chi connectivity index (χ1) is 6.75. The number of nitrogens with zero attached hydrogens (tertiary/aromatic N) is 4. The van der Waals surface area contributed by atoms with E-state index < -0.39 is 0 Å². The lowest BCUT2D eigenvalue weighted by atomic mass is 10.1. The van der Waals surface area contributed by atoms with Crippen LogP contribution in [0.2, 0.25) is 5.15 Å². The zero-order valence-corrected chi connectivity index (χ0v) is 8.44. The van der Waals surface area contributed by atoms with Crippen LogP contribution in [0.25, 0.3) is 16.5 Å². The number of hydrogen-bond donors (Lipinski definition) is 0. The SMILES string of the molecule is Cc1ccnc(Cl)c1C=CCN=[N+]=[N-]. The van der Waals surface area contributed by atoms with Crippen molar-refractivity contribution in [3.63, 3.8) is 0 Å². The molecule has 0 spiro atoms. The Morgan fingerprint density at radius 2 is 2.50 bits per heavy atom. The summed E-state index contributed by atoms with van der Waals surface area (Å²) in [7, 11) is 0. The molecule has 0 saturated carbocycles. The Kier molecular flexibility index (Phi) is 3.98. The maximum Gasteiger partial charge on any atom is 0.136 e. The molecule has 0 radical (unpaired) electrons. The Morgan fingerprint density at radius 1 is 1.71 bits per heavy atom. The van der Waals surface area contributed by atoms with Gasteiger partial charge in [-0.1, -0.05) is 28.9 Å². The van der Waals surface area contributed by atoms with Crippen molar-refractivity contribution in [3.8, 4) is 0 Å². The smallest absolute Gasteiger partial charge is 0.136 e. The third-order valence-corrected chi connectivity index (χ3v) is 2.00. The summed E-state index contributed by atoms with van der Waals surface area (Å²) in [6.07, 6.45) is 5.21. The van der Waals surface area contributed by atoms with Gasteiger partial charge in [0.2, 0.25) is 0 Å². The van der Waals surface area contributed by atoms with Crippen LogP contribution in [-0.2, 0) is 0 Å². The van der Waals surface area contributed by atoms with Gasteiger partial charge in [-0.15, -0.1) is 0 Å². The second kappa shape index (κ2) is 5.27. The number of pyridine rings is 1. The Morgan fingerprint density at radius 3 is 3.14 bits per heavy atom. The molecule has 0 amide bonds. The minimum absolute atomic E-state index is 0.321. The maximum absolute atomic E-state index is 8.06. The van der Waals surface area contributed by atoms with Crippen LogP contribution >= 0.6 is 11.6 Å². The first-order valence-electron chi connectivity index (χ1n) is 4.04. The maximum atomic E-state index is 8.06. The fourth-order valence-corrected chi connectivity index (χ4v) is 1.26. The van der Waals surface area contributed by atoms with Gasteiger partial charge in [0.05, 0.1) is 0 Å². The minimum Gasteiger partial charge on any atom is -0.244 e. The van der Waals surface area contributed by atoms with Gasteiger partial charge in [0.1, 0.15) is 5.15 Å². The summed E-state index contributed by atoms with van der Waals surface area (Å²) in [5, 5.41) is 3.84. The molecule has 1 heterocycles. The molecule has 0 aliphatic carbocycles. The fraction of sp³-hybridized carbons (Fsp3) is 0.222. The quantitative estimate of drug-likeness (QED) is 0.325. The van der Waals surface area contributed by atoms with E-state index in [1.807, 2.05) is 13.0 Å². The molecule has 1 aromatic rings. The van der Waals surface area contributed by atoms with Crippen molar-refractivity contribution < 1.29 is 0 Å². The third kappa shape index (κ3) is 2.76. The zero-order valence-electron chi connectivity index (χ0n) is 7.68. The Hall–Kier alpha value is -1.51. The van der Waals surface area contributed by atoms with Crippen molar-refractivity contribution in [2.45, 2.75) is 6.92 Å². The van der Waals surface area contributed by atoms with Crippen molar-refractivity contribution in [1.82, 2.24) is 4.98 Å². The van der Waals surface area contributed by atoms with Gasteiger partial charge in [-0.05, 0) is 24.1 Å². The number of rotatable bonds is 3. The minimum atomic E-state index is 0.321. The lowest BCUT2D eigenvalue weighted by molar-refractivity contribution is 1.21. The molecule has 0 fully saturated rings. The molecular formula is C9H9ClN4. The van der Waals surface area contributed by atoms with Crippen LogP contribution in [0.15, 0.2) is 23.5 Å². The van der Waals surface area contributed by atoms with Crippen LogP contribution in [-0.4, -0.2) is 11.5 Å². The molecule has 0 unspecified atom stereocenters. The molecule has 5 heteroatoms. The Labute approximate surface area is 86.9 Å². The number of halogens is 1. The van der Waals surface area contributed by atoms with Gasteiger partial charge < -0.3 is 0 Å². The first kappa shape index (κ1) is 10.6. The van der Waals surface area contributed by atoms with E-state index in [1.165, 1.54) is 0 Å². The van der Waals surface area contributed by atoms with E-state index in [0.717, 1.165) is 11.1 Å². The predicted octanol–water partition coefficient (Wildman–Crippen LogP) is 3.37. The molecule has 0 saturated heterocycles. The van der Waals surface area contributed by atoms with Gasteiger partial charge in [-0.3, -0.25) is 0 Å². The Balaban J connectivity index is 2.85. The second-order valence-electron chi connectivity index (χ2n) is 2.65. The lowest BCUT2D eigenvalue weighted by Crippen LogP contribution is -1.85. The molecule has 0 bridgehead atoms. The van der Waals surface area contributed by atoms with E-state index in [4.69, 9.17) is 17.1 Å². The molecule has 0 aliphatic heterocycles. The Bertz CT molecular complexity index is 374. The second-order valence-corrected chi connectivity index (χ2v) is 3.01. The molecule has 14 heavy (non-hydrogen) atoms. The van der Waals surface area contributed by atoms with Gasteiger partial charge >= 0.3 is 0 Å². The number of aromatic nitrogens is 1. The number of hydrogen-bond acceptors (Lipinski definition) is 2. The van der Waals surface area contributed by atoms with Gasteiger partial charge in [-0.2, -0.15) is 0 Å². The van der Waals surface area contributed by atoms with E-state index in [1.54, 1.807) is 18.3 Å². The topological polar surface area (TPSA) is 61.7 Å². The molecule has 0 aliphatic rings. The summed E-state index contributed by atoms with van der Waals surface area (Å²) in [6.45, 7) is 2.27. The predicted molar refractivity (Wildman–Crippen MR) is 57.0 cm³/mol. The van der Waals surface area contributed by atoms with Gasteiger partial charge in [-0.25, -0.2) is 4.98 Å². The summed E-state index contributed by atoms with van der Waals surface area (Å²) >= 11 is 5.88. The van der Waals surface area contributed by atoms with Crippen LogP contribution in [0.3, 0.4) is 0 Å². The van der Waals surface area contributed by atoms with E-state index >= 15 is 0 Å². The number of azide groups is 1. The molecule has 0 N–H and O–H groups in total. The normalized spacial score (nSPS) is 10.1. The average molecular weight is 209 g/mol. The summed E-state index contributed by atoms with van der Waals surface area (Å²) < 4.78 is 0. The summed E-state index contributed by atoms with van der Waals surface area (Å²) in [5.41, 5.74) is 9.97. The molecular weight excluding hydrogens is 200 g/mol. The van der Waals surface area contributed by atoms with E-state index in [2.05, 4.69) is 15.0 Å². The van der Waals surface area contributed by atoms with Crippen LogP contribution < -0.4 is 0 Å². The van der Waals surface area contributed by atoms with Crippen molar-refractivity contribution in [2.24, 2.45) is 5.11 Å². The molecule has 1 aromatic heterocycles. The average Bonchev–Trinajstić information content (AvgIpc) is 2.16. The molecule has 4 nitrogen and oxygen atoms in total. The lowest BCUT2D eigenvalue weighted by Gasteiger charge is -2.00. The van der Waals surface area contributed by atoms with Crippen LogP contribution in [0.4, 0.5) is 0 Å². The monoisotopic (exact) mass is 208 g/mol. The highest BCUT2D eigenvalue weighted by Gasteiger charge is 1.99. The van der Waals surface area contributed by atoms with Gasteiger partial charge in [0.25, 0.3) is 0 Å². The zero-order chi connectivity index (χ0) is 10.4. The standard InChI is InChI=1S/C9H9ClN4/c1-7-4-6-12-9(10)8(7)3-2-5-13-14-11/h2-4,6H,5H2,1H3. The number of aryl methyl sites for hydroxylation is 1. The molecule has 72 valence electrons. The third-order valence-electron chi connectivity index (χ3n) is 1.69. The van der Waals surface area contributed by atoms with Gasteiger partial charge in [0.15, 0.2) is 0 Å². The summed E-state index contributed by atoms with van der Waals surface area (Å²) in [4.78, 5) is 6.59. The highest BCUT2D eigenvalue weighted by atomic mass is 35.5.